The highest BCUT2D eigenvalue weighted by Crippen LogP contribution is 2.04. The van der Waals surface area contributed by atoms with Gasteiger partial charge in [-0.15, -0.1) is 0 Å². The Kier molecular flexibility index (Phi) is 5.98. The van der Waals surface area contributed by atoms with Crippen molar-refractivity contribution in [2.45, 2.75) is 0 Å². The van der Waals surface area contributed by atoms with Gasteiger partial charge in [0.2, 0.25) is 0 Å². The van der Waals surface area contributed by atoms with Crippen molar-refractivity contribution in [3.8, 4) is 0 Å². The van der Waals surface area contributed by atoms with Crippen LogP contribution in [0.2, 0.25) is 0 Å². The quantitative estimate of drug-likeness (QED) is 0.447. The molecule has 0 atom stereocenters. The zero-order valence-corrected chi connectivity index (χ0v) is 10.4. The highest BCUT2D eigenvalue weighted by atomic mass is 16.5. The number of esters is 1. The van der Waals surface area contributed by atoms with Crippen LogP contribution in [0.5, 0.6) is 0 Å². The van der Waals surface area contributed by atoms with E-state index < -0.39 is 0 Å². The first-order valence-corrected chi connectivity index (χ1v) is 5.58. The van der Waals surface area contributed by atoms with Gasteiger partial charge in [-0.2, -0.15) is 0 Å². The van der Waals surface area contributed by atoms with Gasteiger partial charge in [-0.3, -0.25) is 0 Å². The van der Waals surface area contributed by atoms with Gasteiger partial charge < -0.3 is 4.74 Å². The molecular weight excluding hydrogens is 224 g/mol. The summed E-state index contributed by atoms with van der Waals surface area (Å²) < 4.78 is 4.69. The van der Waals surface area contributed by atoms with Crippen LogP contribution in [0.4, 0.5) is 0 Å². The first-order valence-electron chi connectivity index (χ1n) is 5.58. The minimum Gasteiger partial charge on any atom is -0.465 e. The van der Waals surface area contributed by atoms with Gasteiger partial charge in [0, 0.05) is 0 Å². The van der Waals surface area contributed by atoms with E-state index in [1.807, 2.05) is 42.5 Å². The van der Waals surface area contributed by atoms with Gasteiger partial charge in [0.25, 0.3) is 0 Å². The van der Waals surface area contributed by atoms with Gasteiger partial charge in [0.1, 0.15) is 0 Å². The molecular formula is C16H16O2. The second-order valence-corrected chi connectivity index (χ2v) is 3.48. The van der Waals surface area contributed by atoms with Gasteiger partial charge in [-0.1, -0.05) is 61.2 Å². The van der Waals surface area contributed by atoms with E-state index in [0.29, 0.717) is 5.57 Å². The number of rotatable bonds is 5. The molecule has 2 heteroatoms. The Bertz CT molecular complexity index is 479. The van der Waals surface area contributed by atoms with Crippen LogP contribution in [0.15, 0.2) is 72.9 Å². The second-order valence-electron chi connectivity index (χ2n) is 3.48. The summed E-state index contributed by atoms with van der Waals surface area (Å²) >= 11 is 0. The van der Waals surface area contributed by atoms with E-state index in [1.54, 1.807) is 24.3 Å². The molecule has 1 aromatic rings. The van der Waals surface area contributed by atoms with Crippen molar-refractivity contribution in [3.05, 3.63) is 78.4 Å². The maximum absolute atomic E-state index is 11.5. The molecule has 0 bridgehead atoms. The molecule has 0 saturated heterocycles. The van der Waals surface area contributed by atoms with E-state index >= 15 is 0 Å². The topological polar surface area (TPSA) is 26.3 Å². The fourth-order valence-corrected chi connectivity index (χ4v) is 1.31. The molecule has 1 rings (SSSR count). The summed E-state index contributed by atoms with van der Waals surface area (Å²) in [5.41, 5.74) is 1.55. The number of carbonyl (C=O) groups is 1. The molecule has 0 aliphatic rings. The molecule has 0 aromatic heterocycles. The summed E-state index contributed by atoms with van der Waals surface area (Å²) in [5, 5.41) is 0. The van der Waals surface area contributed by atoms with Crippen LogP contribution >= 0.6 is 0 Å². The minimum absolute atomic E-state index is 0.370. The zero-order valence-electron chi connectivity index (χ0n) is 10.4. The van der Waals surface area contributed by atoms with Gasteiger partial charge in [0.15, 0.2) is 0 Å². The number of methoxy groups -OCH3 is 1. The molecule has 0 aliphatic carbocycles. The fourth-order valence-electron chi connectivity index (χ4n) is 1.31. The van der Waals surface area contributed by atoms with Crippen molar-refractivity contribution >= 4 is 12.0 Å². The van der Waals surface area contributed by atoms with Crippen molar-refractivity contribution in [3.63, 3.8) is 0 Å². The van der Waals surface area contributed by atoms with Gasteiger partial charge in [0.05, 0.1) is 12.7 Å². The van der Waals surface area contributed by atoms with Crippen molar-refractivity contribution in [2.75, 3.05) is 7.11 Å². The molecule has 0 amide bonds. The number of benzene rings is 1. The van der Waals surface area contributed by atoms with Crippen molar-refractivity contribution < 1.29 is 9.53 Å². The second kappa shape index (κ2) is 7.85. The highest BCUT2D eigenvalue weighted by molar-refractivity contribution is 5.92. The lowest BCUT2D eigenvalue weighted by Crippen LogP contribution is -2.01. The Labute approximate surface area is 108 Å². The normalized spacial score (nSPS) is 11.9. The largest absolute Gasteiger partial charge is 0.465 e. The lowest BCUT2D eigenvalue weighted by molar-refractivity contribution is -0.135. The third kappa shape index (κ3) is 4.66. The Balaban J connectivity index is 2.83. The lowest BCUT2D eigenvalue weighted by atomic mass is 10.2. The molecule has 0 aliphatic heterocycles. The molecule has 92 valence electrons. The number of hydrogen-bond acceptors (Lipinski definition) is 2. The van der Waals surface area contributed by atoms with Crippen LogP contribution in [-0.2, 0) is 9.53 Å². The summed E-state index contributed by atoms with van der Waals surface area (Å²) in [6, 6.07) is 9.85. The van der Waals surface area contributed by atoms with Crippen LogP contribution in [0, 0.1) is 0 Å². The summed E-state index contributed by atoms with van der Waals surface area (Å²) in [5.74, 6) is -0.370. The monoisotopic (exact) mass is 240 g/mol. The first-order chi connectivity index (χ1) is 8.77. The zero-order chi connectivity index (χ0) is 13.2. The van der Waals surface area contributed by atoms with Crippen molar-refractivity contribution in [1.29, 1.82) is 0 Å². The number of allylic oxidation sites excluding steroid dienone is 4. The first kappa shape index (κ1) is 13.7. The Hall–Kier alpha value is -2.35. The molecule has 0 saturated carbocycles. The van der Waals surface area contributed by atoms with Crippen LogP contribution < -0.4 is 0 Å². The molecule has 0 unspecified atom stereocenters. The van der Waals surface area contributed by atoms with E-state index in [2.05, 4.69) is 11.3 Å². The molecule has 0 heterocycles. The van der Waals surface area contributed by atoms with E-state index in [9.17, 15) is 4.79 Å². The predicted molar refractivity (Wildman–Crippen MR) is 74.9 cm³/mol. The van der Waals surface area contributed by atoms with Crippen LogP contribution in [0.25, 0.3) is 6.08 Å². The van der Waals surface area contributed by atoms with Crippen LogP contribution in [-0.4, -0.2) is 13.1 Å². The summed E-state index contributed by atoms with van der Waals surface area (Å²) in [6.45, 7) is 3.56. The molecule has 0 fully saturated rings. The van der Waals surface area contributed by atoms with Crippen LogP contribution in [0.1, 0.15) is 5.56 Å². The Morgan fingerprint density at radius 3 is 2.56 bits per heavy atom. The van der Waals surface area contributed by atoms with Crippen molar-refractivity contribution in [1.82, 2.24) is 0 Å². The average Bonchev–Trinajstić information content (AvgIpc) is 2.43. The van der Waals surface area contributed by atoms with Crippen LogP contribution in [0.3, 0.4) is 0 Å². The maximum atomic E-state index is 11.5. The molecule has 0 radical (unpaired) electrons. The van der Waals surface area contributed by atoms with Gasteiger partial charge in [-0.25, -0.2) is 4.79 Å². The van der Waals surface area contributed by atoms with Gasteiger partial charge >= 0.3 is 5.97 Å². The number of carbonyl (C=O) groups excluding carboxylic acids is 1. The predicted octanol–water partition coefficient (Wildman–Crippen LogP) is 3.54. The third-order valence-electron chi connectivity index (χ3n) is 2.20. The standard InChI is InChI=1S/C16H16O2/c1-3-4-12-15(16(17)18-2)13-8-11-14-9-6-5-7-10-14/h3-13H,1H2,2H3. The Morgan fingerprint density at radius 2 is 1.94 bits per heavy atom. The third-order valence-corrected chi connectivity index (χ3v) is 2.20. The fraction of sp³-hybridized carbons (Fsp3) is 0.0625. The molecule has 0 N–H and O–H groups in total. The lowest BCUT2D eigenvalue weighted by Gasteiger charge is -1.97. The SMILES string of the molecule is C=CC=CC(=CC=Cc1ccccc1)C(=O)OC. The number of hydrogen-bond donors (Lipinski definition) is 0. The van der Waals surface area contributed by atoms with E-state index in [4.69, 9.17) is 0 Å². The van der Waals surface area contributed by atoms with E-state index in [1.165, 1.54) is 7.11 Å². The van der Waals surface area contributed by atoms with Crippen molar-refractivity contribution in [2.24, 2.45) is 0 Å². The number of ether oxygens (including phenoxy) is 1. The summed E-state index contributed by atoms with van der Waals surface area (Å²) in [4.78, 5) is 11.5. The Morgan fingerprint density at radius 1 is 1.22 bits per heavy atom. The maximum Gasteiger partial charge on any atom is 0.337 e. The summed E-state index contributed by atoms with van der Waals surface area (Å²) in [7, 11) is 1.36. The highest BCUT2D eigenvalue weighted by Gasteiger charge is 2.03. The molecule has 0 spiro atoms. The average molecular weight is 240 g/mol. The smallest absolute Gasteiger partial charge is 0.337 e. The molecule has 2 nitrogen and oxygen atoms in total. The minimum atomic E-state index is -0.370. The molecule has 1 aromatic carbocycles. The van der Waals surface area contributed by atoms with E-state index in [0.717, 1.165) is 5.56 Å². The van der Waals surface area contributed by atoms with Gasteiger partial charge in [-0.05, 0) is 17.7 Å². The summed E-state index contributed by atoms with van der Waals surface area (Å²) in [6.07, 6.45) is 10.4. The molecule has 18 heavy (non-hydrogen) atoms. The van der Waals surface area contributed by atoms with E-state index in [-0.39, 0.29) is 5.97 Å².